The summed E-state index contributed by atoms with van der Waals surface area (Å²) in [7, 11) is 1.62. The van der Waals surface area contributed by atoms with Crippen LogP contribution >= 0.6 is 0 Å². The van der Waals surface area contributed by atoms with Crippen LogP contribution in [0.2, 0.25) is 0 Å². The number of nitrogens with one attached hydrogen (secondary N) is 2. The zero-order chi connectivity index (χ0) is 16.7. The van der Waals surface area contributed by atoms with Crippen molar-refractivity contribution in [2.45, 2.75) is 44.5 Å². The number of carbonyl (C=O) groups excluding carboxylic acids is 1. The molecular weight excluding hydrogens is 293 g/mol. The minimum absolute atomic E-state index is 0.0245. The van der Waals surface area contributed by atoms with Crippen molar-refractivity contribution in [1.82, 2.24) is 10.6 Å². The molecule has 124 valence electrons. The molecule has 0 aromatic heterocycles. The van der Waals surface area contributed by atoms with Crippen molar-refractivity contribution in [3.8, 4) is 0 Å². The average molecular weight is 314 g/mol. The molecule has 0 unspecified atom stereocenters. The van der Waals surface area contributed by atoms with Crippen LogP contribution in [0.5, 0.6) is 0 Å². The van der Waals surface area contributed by atoms with E-state index in [1.54, 1.807) is 7.11 Å². The number of ether oxygens (including phenoxy) is 1. The number of carboxylic acid groups (broad SMARTS) is 1. The highest BCUT2D eigenvalue weighted by Crippen LogP contribution is 2.22. The van der Waals surface area contributed by atoms with Crippen LogP contribution in [0.1, 0.15) is 26.7 Å². The molecule has 0 aromatic carbocycles. The van der Waals surface area contributed by atoms with Crippen LogP contribution in [-0.2, 0) is 14.3 Å². The first kappa shape index (κ1) is 19.7. The predicted molar refractivity (Wildman–Crippen MR) is 68.8 cm³/mol. The van der Waals surface area contributed by atoms with E-state index in [4.69, 9.17) is 14.6 Å². The summed E-state index contributed by atoms with van der Waals surface area (Å²) in [4.78, 5) is 20.8. The molecule has 0 radical (unpaired) electrons. The van der Waals surface area contributed by atoms with Gasteiger partial charge in [0.25, 0.3) is 5.91 Å². The van der Waals surface area contributed by atoms with E-state index in [9.17, 15) is 18.0 Å². The first-order valence-corrected chi connectivity index (χ1v) is 6.42. The number of amides is 1. The number of methoxy groups -OCH3 is 1. The minimum atomic E-state index is -5.08. The van der Waals surface area contributed by atoms with E-state index in [2.05, 4.69) is 10.6 Å². The van der Waals surface area contributed by atoms with Crippen LogP contribution < -0.4 is 10.6 Å². The third-order valence-corrected chi connectivity index (χ3v) is 2.88. The maximum absolute atomic E-state index is 11.9. The van der Waals surface area contributed by atoms with E-state index in [-0.39, 0.29) is 11.9 Å². The Morgan fingerprint density at radius 2 is 1.71 bits per heavy atom. The van der Waals surface area contributed by atoms with Gasteiger partial charge in [-0.2, -0.15) is 13.2 Å². The molecule has 0 aromatic rings. The molecule has 1 amide bonds. The molecule has 21 heavy (non-hydrogen) atoms. The number of rotatable bonds is 3. The molecule has 0 spiro atoms. The van der Waals surface area contributed by atoms with E-state index in [0.29, 0.717) is 0 Å². The Balaban J connectivity index is 0.000000486. The van der Waals surface area contributed by atoms with E-state index >= 15 is 0 Å². The molecule has 1 fully saturated rings. The molecule has 1 aliphatic heterocycles. The molecule has 0 aliphatic carbocycles. The summed E-state index contributed by atoms with van der Waals surface area (Å²) in [6.07, 6.45) is -3.58. The summed E-state index contributed by atoms with van der Waals surface area (Å²) in [6, 6.07) is 0.171. The first-order chi connectivity index (χ1) is 9.55. The van der Waals surface area contributed by atoms with Crippen LogP contribution in [0.3, 0.4) is 0 Å². The monoisotopic (exact) mass is 314 g/mol. The third-order valence-electron chi connectivity index (χ3n) is 2.88. The van der Waals surface area contributed by atoms with Gasteiger partial charge in [-0.25, -0.2) is 4.79 Å². The van der Waals surface area contributed by atoms with Crippen molar-refractivity contribution in [2.24, 2.45) is 0 Å². The Morgan fingerprint density at radius 3 is 2.00 bits per heavy atom. The summed E-state index contributed by atoms with van der Waals surface area (Å²) >= 11 is 0. The average Bonchev–Trinajstić information content (AvgIpc) is 2.38. The van der Waals surface area contributed by atoms with Gasteiger partial charge >= 0.3 is 12.1 Å². The fourth-order valence-corrected chi connectivity index (χ4v) is 1.75. The van der Waals surface area contributed by atoms with Gasteiger partial charge in [0, 0.05) is 13.2 Å². The lowest BCUT2D eigenvalue weighted by molar-refractivity contribution is -0.192. The molecule has 3 N–H and O–H groups in total. The normalized spacial score (nSPS) is 17.7. The van der Waals surface area contributed by atoms with Gasteiger partial charge in [-0.15, -0.1) is 0 Å². The Kier molecular flexibility index (Phi) is 7.65. The summed E-state index contributed by atoms with van der Waals surface area (Å²) in [5, 5.41) is 13.3. The fraction of sp³-hybridized carbons (Fsp3) is 0.833. The lowest BCUT2D eigenvalue weighted by Gasteiger charge is -2.35. The van der Waals surface area contributed by atoms with Gasteiger partial charge in [0.2, 0.25) is 0 Å². The standard InChI is InChI=1S/C10H20N2O2.C2HF3O2/c1-8(2)12-9(13)10(14-3)4-6-11-7-5-10;3-2(4,5)1(6)7/h8,11H,4-7H2,1-3H3,(H,12,13);(H,6,7). The number of hydrogen-bond acceptors (Lipinski definition) is 4. The zero-order valence-electron chi connectivity index (χ0n) is 12.2. The molecule has 0 atom stereocenters. The van der Waals surface area contributed by atoms with Gasteiger partial charge in [-0.3, -0.25) is 4.79 Å². The van der Waals surface area contributed by atoms with E-state index in [0.717, 1.165) is 25.9 Å². The lowest BCUT2D eigenvalue weighted by atomic mass is 9.91. The van der Waals surface area contributed by atoms with Gasteiger partial charge in [0.15, 0.2) is 0 Å². The maximum atomic E-state index is 11.9. The highest BCUT2D eigenvalue weighted by Gasteiger charge is 2.39. The Hall–Kier alpha value is -1.35. The second kappa shape index (κ2) is 8.18. The van der Waals surface area contributed by atoms with Gasteiger partial charge in [0.1, 0.15) is 5.60 Å². The molecule has 9 heteroatoms. The van der Waals surface area contributed by atoms with Gasteiger partial charge in [-0.05, 0) is 39.8 Å². The van der Waals surface area contributed by atoms with E-state index in [1.807, 2.05) is 13.8 Å². The van der Waals surface area contributed by atoms with Crippen LogP contribution in [-0.4, -0.2) is 55.0 Å². The number of carboxylic acids is 1. The lowest BCUT2D eigenvalue weighted by Crippen LogP contribution is -2.55. The van der Waals surface area contributed by atoms with Crippen molar-refractivity contribution in [1.29, 1.82) is 0 Å². The number of halogens is 3. The molecule has 0 bridgehead atoms. The molecule has 1 heterocycles. The maximum Gasteiger partial charge on any atom is 0.490 e. The smallest absolute Gasteiger partial charge is 0.475 e. The molecular formula is C12H21F3N2O4. The first-order valence-electron chi connectivity index (χ1n) is 6.42. The Bertz CT molecular complexity index is 353. The Morgan fingerprint density at radius 1 is 1.29 bits per heavy atom. The second-order valence-electron chi connectivity index (χ2n) is 4.88. The van der Waals surface area contributed by atoms with Gasteiger partial charge in [-0.1, -0.05) is 0 Å². The highest BCUT2D eigenvalue weighted by atomic mass is 19.4. The minimum Gasteiger partial charge on any atom is -0.475 e. The van der Waals surface area contributed by atoms with Crippen LogP contribution in [0.15, 0.2) is 0 Å². The summed E-state index contributed by atoms with van der Waals surface area (Å²) in [6.45, 7) is 5.61. The molecule has 0 saturated carbocycles. The van der Waals surface area contributed by atoms with Crippen molar-refractivity contribution >= 4 is 11.9 Å². The van der Waals surface area contributed by atoms with Crippen LogP contribution in [0.4, 0.5) is 13.2 Å². The summed E-state index contributed by atoms with van der Waals surface area (Å²) < 4.78 is 37.1. The predicted octanol–water partition coefficient (Wildman–Crippen LogP) is 0.913. The summed E-state index contributed by atoms with van der Waals surface area (Å²) in [5.74, 6) is -2.73. The number of aliphatic carboxylic acids is 1. The largest absolute Gasteiger partial charge is 0.490 e. The van der Waals surface area contributed by atoms with Crippen molar-refractivity contribution in [3.63, 3.8) is 0 Å². The van der Waals surface area contributed by atoms with Gasteiger partial charge in [0.05, 0.1) is 0 Å². The van der Waals surface area contributed by atoms with Crippen molar-refractivity contribution < 1.29 is 32.6 Å². The quantitative estimate of drug-likeness (QED) is 0.721. The second-order valence-corrected chi connectivity index (χ2v) is 4.88. The molecule has 1 aliphatic rings. The summed E-state index contributed by atoms with van der Waals surface area (Å²) in [5.41, 5.74) is -0.602. The third kappa shape index (κ3) is 6.76. The Labute approximate surface area is 121 Å². The highest BCUT2D eigenvalue weighted by molar-refractivity contribution is 5.85. The van der Waals surface area contributed by atoms with Gasteiger partial charge < -0.3 is 20.5 Å². The number of alkyl halides is 3. The van der Waals surface area contributed by atoms with Crippen molar-refractivity contribution in [2.75, 3.05) is 20.2 Å². The van der Waals surface area contributed by atoms with Crippen molar-refractivity contribution in [3.05, 3.63) is 0 Å². The van der Waals surface area contributed by atoms with Crippen LogP contribution in [0, 0.1) is 0 Å². The molecule has 6 nitrogen and oxygen atoms in total. The molecule has 1 rings (SSSR count). The van der Waals surface area contributed by atoms with Crippen LogP contribution in [0.25, 0.3) is 0 Å². The number of piperidine rings is 1. The topological polar surface area (TPSA) is 87.7 Å². The number of carbonyl (C=O) groups is 2. The van der Waals surface area contributed by atoms with E-state index in [1.165, 1.54) is 0 Å². The van der Waals surface area contributed by atoms with E-state index < -0.39 is 17.7 Å². The zero-order valence-corrected chi connectivity index (χ0v) is 12.2. The fourth-order valence-electron chi connectivity index (χ4n) is 1.75. The SMILES string of the molecule is COC1(C(=O)NC(C)C)CCNCC1.O=C(O)C(F)(F)F. The number of hydrogen-bond donors (Lipinski definition) is 3. The molecule has 1 saturated heterocycles.